The predicted molar refractivity (Wildman–Crippen MR) is 83.0 cm³/mol. The first kappa shape index (κ1) is 16.4. The van der Waals surface area contributed by atoms with Crippen LogP contribution in [0, 0.1) is 12.7 Å². The molecule has 0 amide bonds. The number of aromatic carboxylic acids is 1. The summed E-state index contributed by atoms with van der Waals surface area (Å²) in [4.78, 5) is 10.8. The topological polar surface area (TPSA) is 83.5 Å². The van der Waals surface area contributed by atoms with Crippen molar-refractivity contribution in [2.45, 2.75) is 11.8 Å². The van der Waals surface area contributed by atoms with Crippen LogP contribution in [0.2, 0.25) is 0 Å². The van der Waals surface area contributed by atoms with Gasteiger partial charge in [0.2, 0.25) is 0 Å². The molecule has 0 saturated heterocycles. The number of sulfonamides is 1. The highest BCUT2D eigenvalue weighted by molar-refractivity contribution is 9.10. The summed E-state index contributed by atoms with van der Waals surface area (Å²) in [6.45, 7) is 1.72. The molecule has 116 valence electrons. The number of hydrogen-bond donors (Lipinski definition) is 2. The SMILES string of the molecule is Cc1cc(S(=O)(=O)Nc2cc(C(=O)O)ccc2F)ccc1Br. The van der Waals surface area contributed by atoms with Crippen LogP contribution in [0.5, 0.6) is 0 Å². The maximum Gasteiger partial charge on any atom is 0.335 e. The number of carboxylic acid groups (broad SMARTS) is 1. The second-order valence-electron chi connectivity index (χ2n) is 4.52. The Hall–Kier alpha value is -1.93. The molecule has 0 heterocycles. The Morgan fingerprint density at radius 3 is 2.50 bits per heavy atom. The first-order valence-corrected chi connectivity index (χ1v) is 8.30. The van der Waals surface area contributed by atoms with E-state index in [0.717, 1.165) is 22.7 Å². The van der Waals surface area contributed by atoms with Crippen LogP contribution in [0.15, 0.2) is 45.8 Å². The third-order valence-electron chi connectivity index (χ3n) is 2.90. The van der Waals surface area contributed by atoms with E-state index in [0.29, 0.717) is 5.56 Å². The molecule has 0 atom stereocenters. The zero-order chi connectivity index (χ0) is 16.5. The Labute approximate surface area is 135 Å². The molecule has 0 radical (unpaired) electrons. The molecule has 8 heteroatoms. The number of rotatable bonds is 4. The van der Waals surface area contributed by atoms with E-state index in [4.69, 9.17) is 5.11 Å². The lowest BCUT2D eigenvalue weighted by atomic mass is 10.2. The fourth-order valence-electron chi connectivity index (χ4n) is 1.72. The Bertz CT molecular complexity index is 852. The minimum Gasteiger partial charge on any atom is -0.478 e. The molecule has 5 nitrogen and oxygen atoms in total. The van der Waals surface area contributed by atoms with Gasteiger partial charge in [-0.15, -0.1) is 0 Å². The lowest BCUT2D eigenvalue weighted by Crippen LogP contribution is -2.14. The van der Waals surface area contributed by atoms with Crippen molar-refractivity contribution >= 4 is 37.6 Å². The number of anilines is 1. The summed E-state index contributed by atoms with van der Waals surface area (Å²) in [5.41, 5.74) is 0.0641. The van der Waals surface area contributed by atoms with Gasteiger partial charge in [-0.3, -0.25) is 4.72 Å². The molecule has 0 saturated carbocycles. The van der Waals surface area contributed by atoms with Crippen LogP contribution in [0.4, 0.5) is 10.1 Å². The van der Waals surface area contributed by atoms with E-state index in [9.17, 15) is 17.6 Å². The molecule has 0 aliphatic rings. The van der Waals surface area contributed by atoms with Crippen LogP contribution < -0.4 is 4.72 Å². The van der Waals surface area contributed by atoms with E-state index < -0.39 is 27.5 Å². The number of carbonyl (C=O) groups is 1. The number of benzene rings is 2. The van der Waals surface area contributed by atoms with E-state index in [1.54, 1.807) is 13.0 Å². The Morgan fingerprint density at radius 2 is 1.91 bits per heavy atom. The first-order valence-electron chi connectivity index (χ1n) is 6.02. The van der Waals surface area contributed by atoms with Gasteiger partial charge in [0, 0.05) is 4.47 Å². The Morgan fingerprint density at radius 1 is 1.23 bits per heavy atom. The number of nitrogens with one attached hydrogen (secondary N) is 1. The van der Waals surface area contributed by atoms with Crippen molar-refractivity contribution in [1.29, 1.82) is 0 Å². The van der Waals surface area contributed by atoms with Gasteiger partial charge < -0.3 is 5.11 Å². The summed E-state index contributed by atoms with van der Waals surface area (Å²) in [7, 11) is -4.02. The summed E-state index contributed by atoms with van der Waals surface area (Å²) in [6, 6.07) is 7.23. The van der Waals surface area contributed by atoms with Crippen molar-refractivity contribution in [2.24, 2.45) is 0 Å². The molecule has 2 aromatic carbocycles. The summed E-state index contributed by atoms with van der Waals surface area (Å²) in [6.07, 6.45) is 0. The van der Waals surface area contributed by atoms with Crippen LogP contribution in [-0.4, -0.2) is 19.5 Å². The fourth-order valence-corrected chi connectivity index (χ4v) is 3.11. The smallest absolute Gasteiger partial charge is 0.335 e. The molecule has 2 aromatic rings. The quantitative estimate of drug-likeness (QED) is 0.841. The Kier molecular flexibility index (Phi) is 4.52. The second-order valence-corrected chi connectivity index (χ2v) is 7.05. The van der Waals surface area contributed by atoms with Crippen molar-refractivity contribution in [3.63, 3.8) is 0 Å². The number of carboxylic acids is 1. The lowest BCUT2D eigenvalue weighted by Gasteiger charge is -2.10. The molecule has 0 spiro atoms. The van der Waals surface area contributed by atoms with Crippen LogP contribution >= 0.6 is 15.9 Å². The summed E-state index contributed by atoms with van der Waals surface area (Å²) < 4.78 is 41.0. The van der Waals surface area contributed by atoms with Gasteiger partial charge in [0.05, 0.1) is 16.1 Å². The second kappa shape index (κ2) is 6.05. The maximum absolute atomic E-state index is 13.7. The van der Waals surface area contributed by atoms with Gasteiger partial charge in [-0.25, -0.2) is 17.6 Å². The molecule has 2 N–H and O–H groups in total. The van der Waals surface area contributed by atoms with E-state index in [2.05, 4.69) is 20.7 Å². The van der Waals surface area contributed by atoms with Gasteiger partial charge >= 0.3 is 5.97 Å². The van der Waals surface area contributed by atoms with Gasteiger partial charge in [-0.2, -0.15) is 0 Å². The largest absolute Gasteiger partial charge is 0.478 e. The summed E-state index contributed by atoms with van der Waals surface area (Å²) >= 11 is 3.26. The zero-order valence-corrected chi connectivity index (χ0v) is 13.7. The van der Waals surface area contributed by atoms with E-state index in [1.807, 2.05) is 0 Å². The minimum absolute atomic E-state index is 0.0478. The summed E-state index contributed by atoms with van der Waals surface area (Å²) in [5.74, 6) is -2.14. The van der Waals surface area contributed by atoms with Crippen LogP contribution in [-0.2, 0) is 10.0 Å². The molecule has 0 bridgehead atoms. The van der Waals surface area contributed by atoms with Gasteiger partial charge in [0.25, 0.3) is 10.0 Å². The van der Waals surface area contributed by atoms with E-state index >= 15 is 0 Å². The molecular weight excluding hydrogens is 377 g/mol. The van der Waals surface area contributed by atoms with E-state index in [1.165, 1.54) is 12.1 Å². The van der Waals surface area contributed by atoms with Gasteiger partial charge in [0.1, 0.15) is 5.82 Å². The number of aryl methyl sites for hydroxylation is 1. The first-order chi connectivity index (χ1) is 10.2. The summed E-state index contributed by atoms with van der Waals surface area (Å²) in [5, 5.41) is 8.88. The maximum atomic E-state index is 13.7. The molecular formula is C14H11BrFNO4S. The highest BCUT2D eigenvalue weighted by atomic mass is 79.9. The number of hydrogen-bond acceptors (Lipinski definition) is 3. The third-order valence-corrected chi connectivity index (χ3v) is 5.15. The van der Waals surface area contributed by atoms with Gasteiger partial charge in [-0.05, 0) is 48.9 Å². The van der Waals surface area contributed by atoms with Crippen LogP contribution in [0.3, 0.4) is 0 Å². The molecule has 2 rings (SSSR count). The zero-order valence-electron chi connectivity index (χ0n) is 11.3. The van der Waals surface area contributed by atoms with Crippen molar-refractivity contribution in [1.82, 2.24) is 0 Å². The minimum atomic E-state index is -4.02. The normalized spacial score (nSPS) is 11.2. The molecule has 0 unspecified atom stereocenters. The molecule has 0 aliphatic carbocycles. The van der Waals surface area contributed by atoms with E-state index in [-0.39, 0.29) is 10.5 Å². The highest BCUT2D eigenvalue weighted by Gasteiger charge is 2.18. The van der Waals surface area contributed by atoms with Gasteiger partial charge in [-0.1, -0.05) is 15.9 Å². The van der Waals surface area contributed by atoms with Crippen molar-refractivity contribution < 1.29 is 22.7 Å². The van der Waals surface area contributed by atoms with Gasteiger partial charge in [0.15, 0.2) is 0 Å². The molecule has 22 heavy (non-hydrogen) atoms. The molecule has 0 fully saturated rings. The predicted octanol–water partition coefficient (Wildman–Crippen LogP) is 3.40. The lowest BCUT2D eigenvalue weighted by molar-refractivity contribution is 0.0697. The van der Waals surface area contributed by atoms with Crippen LogP contribution in [0.25, 0.3) is 0 Å². The standard InChI is InChI=1S/C14H11BrFNO4S/c1-8-6-10(3-4-11(8)15)22(20,21)17-13-7-9(14(18)19)2-5-12(13)16/h2-7,17H,1H3,(H,18,19). The monoisotopic (exact) mass is 387 g/mol. The number of halogens is 2. The van der Waals surface area contributed by atoms with Crippen LogP contribution in [0.1, 0.15) is 15.9 Å². The average molecular weight is 388 g/mol. The van der Waals surface area contributed by atoms with Crippen molar-refractivity contribution in [3.05, 3.63) is 57.8 Å². The molecule has 0 aromatic heterocycles. The van der Waals surface area contributed by atoms with Crippen molar-refractivity contribution in [3.8, 4) is 0 Å². The highest BCUT2D eigenvalue weighted by Crippen LogP contribution is 2.24. The Balaban J connectivity index is 2.42. The third kappa shape index (κ3) is 3.45. The fraction of sp³-hybridized carbons (Fsp3) is 0.0714. The van der Waals surface area contributed by atoms with Crippen molar-refractivity contribution in [2.75, 3.05) is 4.72 Å². The average Bonchev–Trinajstić information content (AvgIpc) is 2.43. The molecule has 0 aliphatic heterocycles.